The van der Waals surface area contributed by atoms with Crippen LogP contribution in [0.1, 0.15) is 33.1 Å². The molecule has 13 heavy (non-hydrogen) atoms. The highest BCUT2D eigenvalue weighted by Crippen LogP contribution is 1.99. The minimum Gasteiger partial charge on any atom is -0.385 e. The Morgan fingerprint density at radius 1 is 1.46 bits per heavy atom. The Kier molecular flexibility index (Phi) is 7.77. The minimum absolute atomic E-state index is 0.219. The number of ether oxygens (including phenoxy) is 1. The highest BCUT2D eigenvalue weighted by atomic mass is 16.5. The van der Waals surface area contributed by atoms with E-state index in [4.69, 9.17) is 11.2 Å². The van der Waals surface area contributed by atoms with Crippen LogP contribution in [-0.2, 0) is 4.74 Å². The molecule has 0 aliphatic heterocycles. The Balaban J connectivity index is 3.61. The van der Waals surface area contributed by atoms with E-state index < -0.39 is 0 Å². The van der Waals surface area contributed by atoms with Crippen LogP contribution < -0.4 is 5.32 Å². The first kappa shape index (κ1) is 12.5. The fourth-order valence-corrected chi connectivity index (χ4v) is 1.22. The molecule has 0 amide bonds. The van der Waals surface area contributed by atoms with E-state index in [1.54, 1.807) is 7.11 Å². The second-order valence-electron chi connectivity index (χ2n) is 3.36. The molecule has 2 nitrogen and oxygen atoms in total. The van der Waals surface area contributed by atoms with E-state index in [-0.39, 0.29) is 6.04 Å². The van der Waals surface area contributed by atoms with Gasteiger partial charge < -0.3 is 10.1 Å². The molecule has 0 fully saturated rings. The number of methoxy groups -OCH3 is 1. The zero-order chi connectivity index (χ0) is 10.1. The predicted molar refractivity (Wildman–Crippen MR) is 56.6 cm³/mol. The standard InChI is InChI=1S/C11H21NO/c1-5-7-11(6-2)12-10(3)8-9-13-4/h2,10-12H,5,7-9H2,1,3-4H3. The van der Waals surface area contributed by atoms with Crippen molar-refractivity contribution in [2.75, 3.05) is 13.7 Å². The lowest BCUT2D eigenvalue weighted by molar-refractivity contribution is 0.183. The first-order valence-electron chi connectivity index (χ1n) is 4.95. The molecule has 0 heterocycles. The maximum atomic E-state index is 5.39. The Morgan fingerprint density at radius 2 is 2.15 bits per heavy atom. The van der Waals surface area contributed by atoms with E-state index in [1.165, 1.54) is 0 Å². The average molecular weight is 183 g/mol. The molecule has 0 aromatic rings. The number of rotatable bonds is 7. The predicted octanol–water partition coefficient (Wildman–Crippen LogP) is 1.80. The molecular formula is C11H21NO. The van der Waals surface area contributed by atoms with Gasteiger partial charge in [-0.3, -0.25) is 0 Å². The Bertz CT molecular complexity index is 151. The van der Waals surface area contributed by atoms with Crippen molar-refractivity contribution in [3.05, 3.63) is 0 Å². The number of nitrogens with one attached hydrogen (secondary N) is 1. The Labute approximate surface area is 82.1 Å². The van der Waals surface area contributed by atoms with Gasteiger partial charge in [-0.1, -0.05) is 19.3 Å². The summed E-state index contributed by atoms with van der Waals surface area (Å²) in [5.41, 5.74) is 0. The average Bonchev–Trinajstić information content (AvgIpc) is 2.14. The summed E-state index contributed by atoms with van der Waals surface area (Å²) in [4.78, 5) is 0. The molecule has 76 valence electrons. The second kappa shape index (κ2) is 8.10. The number of hydrogen-bond donors (Lipinski definition) is 1. The molecule has 0 spiro atoms. The zero-order valence-electron chi connectivity index (χ0n) is 8.97. The lowest BCUT2D eigenvalue weighted by Crippen LogP contribution is -2.36. The van der Waals surface area contributed by atoms with E-state index >= 15 is 0 Å². The largest absolute Gasteiger partial charge is 0.385 e. The fraction of sp³-hybridized carbons (Fsp3) is 0.818. The van der Waals surface area contributed by atoms with Gasteiger partial charge >= 0.3 is 0 Å². The van der Waals surface area contributed by atoms with Crippen molar-refractivity contribution in [3.8, 4) is 12.3 Å². The van der Waals surface area contributed by atoms with Crippen molar-refractivity contribution >= 4 is 0 Å². The van der Waals surface area contributed by atoms with Gasteiger partial charge in [0.05, 0.1) is 6.04 Å². The van der Waals surface area contributed by atoms with E-state index in [0.29, 0.717) is 6.04 Å². The SMILES string of the molecule is C#CC(CCC)NC(C)CCOC. The third-order valence-electron chi connectivity index (χ3n) is 2.02. The maximum absolute atomic E-state index is 5.39. The van der Waals surface area contributed by atoms with Crippen molar-refractivity contribution in [2.24, 2.45) is 0 Å². The van der Waals surface area contributed by atoms with Crippen LogP contribution in [0.4, 0.5) is 0 Å². The van der Waals surface area contributed by atoms with Gasteiger partial charge in [0, 0.05) is 19.8 Å². The van der Waals surface area contributed by atoms with Gasteiger partial charge in [0.25, 0.3) is 0 Å². The molecule has 2 atom stereocenters. The molecule has 0 saturated carbocycles. The molecule has 2 heteroatoms. The smallest absolute Gasteiger partial charge is 0.0688 e. The third kappa shape index (κ3) is 6.62. The van der Waals surface area contributed by atoms with Crippen LogP contribution in [0.25, 0.3) is 0 Å². The van der Waals surface area contributed by atoms with Gasteiger partial charge in [0.15, 0.2) is 0 Å². The Morgan fingerprint density at radius 3 is 2.62 bits per heavy atom. The third-order valence-corrected chi connectivity index (χ3v) is 2.02. The molecule has 0 aliphatic carbocycles. The summed E-state index contributed by atoms with van der Waals surface area (Å²) in [6, 6.07) is 0.657. The zero-order valence-corrected chi connectivity index (χ0v) is 8.97. The molecule has 0 aromatic carbocycles. The topological polar surface area (TPSA) is 21.3 Å². The van der Waals surface area contributed by atoms with Crippen LogP contribution in [-0.4, -0.2) is 25.8 Å². The molecule has 0 saturated heterocycles. The summed E-state index contributed by atoms with van der Waals surface area (Å²) in [5.74, 6) is 2.76. The van der Waals surface area contributed by atoms with Gasteiger partial charge in [-0.05, 0) is 19.8 Å². The van der Waals surface area contributed by atoms with Crippen LogP contribution in [0.5, 0.6) is 0 Å². The normalized spacial score (nSPS) is 14.9. The van der Waals surface area contributed by atoms with Crippen molar-refractivity contribution < 1.29 is 4.74 Å². The summed E-state index contributed by atoms with van der Waals surface area (Å²) in [6.07, 6.45) is 8.58. The molecule has 2 unspecified atom stereocenters. The Hall–Kier alpha value is -0.520. The summed E-state index contributed by atoms with van der Waals surface area (Å²) in [7, 11) is 1.72. The summed E-state index contributed by atoms with van der Waals surface area (Å²) >= 11 is 0. The van der Waals surface area contributed by atoms with Crippen molar-refractivity contribution in [1.29, 1.82) is 0 Å². The van der Waals surface area contributed by atoms with Gasteiger partial charge in [0.1, 0.15) is 0 Å². The van der Waals surface area contributed by atoms with Crippen LogP contribution in [0.15, 0.2) is 0 Å². The van der Waals surface area contributed by atoms with E-state index in [2.05, 4.69) is 25.1 Å². The van der Waals surface area contributed by atoms with Crippen LogP contribution >= 0.6 is 0 Å². The summed E-state index contributed by atoms with van der Waals surface area (Å²) < 4.78 is 5.00. The van der Waals surface area contributed by atoms with E-state index in [1.807, 2.05) is 0 Å². The first-order chi connectivity index (χ1) is 6.24. The van der Waals surface area contributed by atoms with Gasteiger partial charge in [-0.15, -0.1) is 6.42 Å². The van der Waals surface area contributed by atoms with Crippen molar-refractivity contribution in [3.63, 3.8) is 0 Å². The van der Waals surface area contributed by atoms with Crippen LogP contribution in [0, 0.1) is 12.3 Å². The molecule has 0 rings (SSSR count). The monoisotopic (exact) mass is 183 g/mol. The van der Waals surface area contributed by atoms with Crippen LogP contribution in [0.3, 0.4) is 0 Å². The van der Waals surface area contributed by atoms with Gasteiger partial charge in [0.2, 0.25) is 0 Å². The van der Waals surface area contributed by atoms with Crippen molar-refractivity contribution in [2.45, 2.75) is 45.2 Å². The molecule has 0 aromatic heterocycles. The van der Waals surface area contributed by atoms with Crippen LogP contribution in [0.2, 0.25) is 0 Å². The molecule has 1 N–H and O–H groups in total. The minimum atomic E-state index is 0.219. The second-order valence-corrected chi connectivity index (χ2v) is 3.36. The van der Waals surface area contributed by atoms with Gasteiger partial charge in [-0.2, -0.15) is 0 Å². The lowest BCUT2D eigenvalue weighted by atomic mass is 10.1. The van der Waals surface area contributed by atoms with Crippen molar-refractivity contribution in [1.82, 2.24) is 5.32 Å². The molecule has 0 bridgehead atoms. The summed E-state index contributed by atoms with van der Waals surface area (Å²) in [6.45, 7) is 5.07. The molecular weight excluding hydrogens is 162 g/mol. The first-order valence-corrected chi connectivity index (χ1v) is 4.95. The van der Waals surface area contributed by atoms with Gasteiger partial charge in [-0.25, -0.2) is 0 Å². The highest BCUT2D eigenvalue weighted by molar-refractivity contribution is 4.99. The number of terminal acetylenes is 1. The number of hydrogen-bond acceptors (Lipinski definition) is 2. The van der Waals surface area contributed by atoms with E-state index in [9.17, 15) is 0 Å². The molecule has 0 aliphatic rings. The maximum Gasteiger partial charge on any atom is 0.0688 e. The van der Waals surface area contributed by atoms with E-state index in [0.717, 1.165) is 25.9 Å². The summed E-state index contributed by atoms with van der Waals surface area (Å²) in [5, 5.41) is 3.39. The fourth-order valence-electron chi connectivity index (χ4n) is 1.22. The molecule has 0 radical (unpaired) electrons. The lowest BCUT2D eigenvalue weighted by Gasteiger charge is -2.18. The quantitative estimate of drug-likeness (QED) is 0.608. The highest BCUT2D eigenvalue weighted by Gasteiger charge is 2.07.